The predicted octanol–water partition coefficient (Wildman–Crippen LogP) is 1.28. The zero-order chi connectivity index (χ0) is 24.4. The monoisotopic (exact) mass is 478 g/mol. The maximum Gasteiger partial charge on any atom is 0.335 e. The summed E-state index contributed by atoms with van der Waals surface area (Å²) in [7, 11) is 0. The van der Waals surface area contributed by atoms with Gasteiger partial charge in [-0.05, 0) is 87.4 Å². The zero-order valence-corrected chi connectivity index (χ0v) is 19.8. The topological polar surface area (TPSA) is 137 Å². The summed E-state index contributed by atoms with van der Waals surface area (Å²) in [4.78, 5) is 11.4. The molecule has 5 N–H and O–H groups in total. The summed E-state index contributed by atoms with van der Waals surface area (Å²) < 4.78 is 11.3. The maximum absolute atomic E-state index is 11.4. The Morgan fingerprint density at radius 2 is 1.71 bits per heavy atom. The van der Waals surface area contributed by atoms with E-state index in [1.807, 2.05) is 0 Å². The molecule has 0 aromatic carbocycles. The van der Waals surface area contributed by atoms with Crippen LogP contribution in [0.15, 0.2) is 0 Å². The molecule has 0 amide bonds. The van der Waals surface area contributed by atoms with Crippen molar-refractivity contribution in [3.8, 4) is 12.3 Å². The van der Waals surface area contributed by atoms with E-state index in [4.69, 9.17) is 15.9 Å². The molecule has 34 heavy (non-hydrogen) atoms. The van der Waals surface area contributed by atoms with Gasteiger partial charge >= 0.3 is 5.97 Å². The molecule has 5 rings (SSSR count). The molecule has 0 radical (unpaired) electrons. The fourth-order valence-electron chi connectivity index (χ4n) is 8.54. The Morgan fingerprint density at radius 3 is 2.41 bits per heavy atom. The lowest BCUT2D eigenvalue weighted by Crippen LogP contribution is -2.61. The summed E-state index contributed by atoms with van der Waals surface area (Å²) >= 11 is 0. The minimum absolute atomic E-state index is 0.193. The second kappa shape index (κ2) is 8.72. The summed E-state index contributed by atoms with van der Waals surface area (Å²) in [5.74, 6) is 4.11. The number of carbonyl (C=O) groups is 1. The number of aliphatic hydroxyl groups is 4. The van der Waals surface area contributed by atoms with Crippen LogP contribution in [-0.4, -0.2) is 73.9 Å². The normalized spacial score (nSPS) is 54.9. The van der Waals surface area contributed by atoms with Crippen molar-refractivity contribution in [2.45, 2.75) is 107 Å². The van der Waals surface area contributed by atoms with Gasteiger partial charge in [-0.2, -0.15) is 0 Å². The van der Waals surface area contributed by atoms with E-state index in [0.717, 1.165) is 51.4 Å². The van der Waals surface area contributed by atoms with E-state index in [2.05, 4.69) is 12.8 Å². The van der Waals surface area contributed by atoms with Crippen LogP contribution < -0.4 is 0 Å². The third kappa shape index (κ3) is 3.63. The molecule has 0 bridgehead atoms. The predicted molar refractivity (Wildman–Crippen MR) is 120 cm³/mol. The number of rotatable bonds is 3. The van der Waals surface area contributed by atoms with Crippen molar-refractivity contribution in [2.24, 2.45) is 35.0 Å². The molecule has 13 atom stereocenters. The molecule has 5 aliphatic rings. The first-order valence-corrected chi connectivity index (χ1v) is 12.9. The Balaban J connectivity index is 1.23. The Kier molecular flexibility index (Phi) is 6.28. The molecule has 4 aliphatic carbocycles. The molecule has 0 aromatic heterocycles. The van der Waals surface area contributed by atoms with Crippen LogP contribution in [0.2, 0.25) is 0 Å². The van der Waals surface area contributed by atoms with Gasteiger partial charge in [0.15, 0.2) is 12.4 Å². The first kappa shape index (κ1) is 24.5. The minimum Gasteiger partial charge on any atom is -0.479 e. The third-order valence-corrected chi connectivity index (χ3v) is 10.4. The molecule has 190 valence electrons. The molecular weight excluding hydrogens is 440 g/mol. The smallest absolute Gasteiger partial charge is 0.335 e. The lowest BCUT2D eigenvalue weighted by molar-refractivity contribution is -0.308. The molecule has 5 fully saturated rings. The molecule has 0 spiro atoms. The summed E-state index contributed by atoms with van der Waals surface area (Å²) in [6.07, 6.45) is 6.33. The molecule has 8 nitrogen and oxygen atoms in total. The van der Waals surface area contributed by atoms with Crippen molar-refractivity contribution in [2.75, 3.05) is 0 Å². The van der Waals surface area contributed by atoms with Crippen LogP contribution >= 0.6 is 0 Å². The van der Waals surface area contributed by atoms with Crippen molar-refractivity contribution in [3.05, 3.63) is 0 Å². The highest BCUT2D eigenvalue weighted by Gasteiger charge is 2.62. The Labute approximate surface area is 200 Å². The number of ether oxygens (including phenoxy) is 2. The summed E-state index contributed by atoms with van der Waals surface area (Å²) in [6, 6.07) is 0. The van der Waals surface area contributed by atoms with E-state index in [0.29, 0.717) is 36.0 Å². The summed E-state index contributed by atoms with van der Waals surface area (Å²) in [5, 5.41) is 50.7. The second-order valence-electron chi connectivity index (χ2n) is 11.7. The Hall–Kier alpha value is -1.21. The van der Waals surface area contributed by atoms with Gasteiger partial charge in [0.1, 0.15) is 23.9 Å². The average Bonchev–Trinajstić information content (AvgIpc) is 3.10. The second-order valence-corrected chi connectivity index (χ2v) is 11.7. The fourth-order valence-corrected chi connectivity index (χ4v) is 8.54. The molecule has 0 unspecified atom stereocenters. The maximum atomic E-state index is 11.4. The molecule has 8 heteroatoms. The van der Waals surface area contributed by atoms with Gasteiger partial charge in [-0.25, -0.2) is 4.79 Å². The van der Waals surface area contributed by atoms with Crippen molar-refractivity contribution in [1.29, 1.82) is 0 Å². The molecule has 1 aliphatic heterocycles. The average molecular weight is 479 g/mol. The number of carboxylic acid groups (broad SMARTS) is 1. The summed E-state index contributed by atoms with van der Waals surface area (Å²) in [5.41, 5.74) is -1.19. The zero-order valence-electron chi connectivity index (χ0n) is 19.8. The number of hydrogen-bond donors (Lipinski definition) is 5. The highest BCUT2D eigenvalue weighted by molar-refractivity contribution is 5.73. The number of fused-ring (bicyclic) bond motifs is 5. The van der Waals surface area contributed by atoms with Gasteiger partial charge in [0.2, 0.25) is 0 Å². The number of aliphatic hydroxyl groups excluding tert-OH is 3. The van der Waals surface area contributed by atoms with E-state index in [-0.39, 0.29) is 11.5 Å². The first-order valence-electron chi connectivity index (χ1n) is 12.9. The van der Waals surface area contributed by atoms with Crippen LogP contribution in [0.5, 0.6) is 0 Å². The van der Waals surface area contributed by atoms with Crippen molar-refractivity contribution in [3.63, 3.8) is 0 Å². The van der Waals surface area contributed by atoms with Gasteiger partial charge in [-0.1, -0.05) is 12.8 Å². The summed E-state index contributed by atoms with van der Waals surface area (Å²) in [6.45, 7) is 2.20. The van der Waals surface area contributed by atoms with Gasteiger partial charge in [0, 0.05) is 5.41 Å². The molecule has 4 saturated carbocycles. The van der Waals surface area contributed by atoms with Crippen LogP contribution in [0.25, 0.3) is 0 Å². The SMILES string of the molecule is C#C[C@]1(O)CC[C@H]2[C@@H]3CC[C@@H]4C[C@H](O[C@@H]5O[C@H](C(=O)O)[C@@H](O)[C@H](O)[C@H]5O)CC[C@@H]4[C@H]3CC[C@@]21C. The van der Waals surface area contributed by atoms with Crippen molar-refractivity contribution < 1.29 is 39.8 Å². The van der Waals surface area contributed by atoms with Crippen LogP contribution in [0.4, 0.5) is 0 Å². The number of hydrogen-bond acceptors (Lipinski definition) is 7. The third-order valence-electron chi connectivity index (χ3n) is 10.4. The molecule has 0 aromatic rings. The van der Waals surface area contributed by atoms with Gasteiger partial charge in [0.05, 0.1) is 6.10 Å². The fraction of sp³-hybridized carbons (Fsp3) is 0.885. The van der Waals surface area contributed by atoms with Crippen LogP contribution in [0.3, 0.4) is 0 Å². The van der Waals surface area contributed by atoms with E-state index in [1.165, 1.54) is 0 Å². The minimum atomic E-state index is -1.71. The lowest BCUT2D eigenvalue weighted by atomic mass is 9.49. The number of terminal acetylenes is 1. The Bertz CT molecular complexity index is 841. The highest BCUT2D eigenvalue weighted by atomic mass is 16.7. The van der Waals surface area contributed by atoms with Gasteiger partial charge in [-0.3, -0.25) is 0 Å². The standard InChI is InChI=1S/C26H38O8/c1-3-26(32)11-9-18-17-6-4-13-12-14(5-7-15(13)16(17)8-10-25(18,26)2)33-24-21(29)19(27)20(28)22(34-24)23(30)31/h1,13-22,24,27-29,32H,4-12H2,2H3,(H,30,31)/t13-,14-,15+,16-,17-,18+,19+,20+,21-,22+,24-,25+,26+/m1/s1. The van der Waals surface area contributed by atoms with Gasteiger partial charge in [-0.15, -0.1) is 6.42 Å². The van der Waals surface area contributed by atoms with E-state index < -0.39 is 42.3 Å². The quantitative estimate of drug-likeness (QED) is 0.302. The molecule has 1 heterocycles. The van der Waals surface area contributed by atoms with Crippen molar-refractivity contribution in [1.82, 2.24) is 0 Å². The van der Waals surface area contributed by atoms with E-state index in [9.17, 15) is 30.3 Å². The molecular formula is C26H38O8. The van der Waals surface area contributed by atoms with Gasteiger partial charge in [0.25, 0.3) is 0 Å². The van der Waals surface area contributed by atoms with Gasteiger partial charge < -0.3 is 35.0 Å². The van der Waals surface area contributed by atoms with Crippen LogP contribution in [0, 0.1) is 47.3 Å². The van der Waals surface area contributed by atoms with Crippen LogP contribution in [0.1, 0.15) is 64.7 Å². The van der Waals surface area contributed by atoms with Crippen LogP contribution in [-0.2, 0) is 14.3 Å². The highest BCUT2D eigenvalue weighted by Crippen LogP contribution is 2.65. The van der Waals surface area contributed by atoms with E-state index >= 15 is 0 Å². The first-order chi connectivity index (χ1) is 16.1. The lowest BCUT2D eigenvalue weighted by Gasteiger charge is -2.57. The largest absolute Gasteiger partial charge is 0.479 e. The number of carboxylic acids is 1. The molecule has 1 saturated heterocycles. The number of aliphatic carboxylic acids is 1. The van der Waals surface area contributed by atoms with E-state index in [1.54, 1.807) is 0 Å². The van der Waals surface area contributed by atoms with Crippen molar-refractivity contribution >= 4 is 5.97 Å². The Morgan fingerprint density at radius 1 is 0.971 bits per heavy atom.